The molecule has 3 rings (SSSR count). The van der Waals surface area contributed by atoms with E-state index in [2.05, 4.69) is 29.1 Å². The molecule has 1 aliphatic rings. The van der Waals surface area contributed by atoms with Crippen LogP contribution in [-0.4, -0.2) is 35.3 Å². The van der Waals surface area contributed by atoms with Crippen LogP contribution in [0.3, 0.4) is 0 Å². The number of aromatic nitrogens is 1. The molecule has 126 valence electrons. The zero-order valence-electron chi connectivity index (χ0n) is 14.4. The summed E-state index contributed by atoms with van der Waals surface area (Å²) >= 11 is 0. The highest BCUT2D eigenvalue weighted by Gasteiger charge is 2.16. The van der Waals surface area contributed by atoms with Crippen molar-refractivity contribution in [3.63, 3.8) is 0 Å². The molecule has 0 aliphatic carbocycles. The topological polar surface area (TPSA) is 37.6 Å². The second-order valence-electron chi connectivity index (χ2n) is 6.44. The number of fused-ring (bicyclic) bond motifs is 1. The van der Waals surface area contributed by atoms with Crippen LogP contribution in [0.1, 0.15) is 44.6 Å². The Hall–Kier alpha value is -2.16. The quantitative estimate of drug-likeness (QED) is 0.430. The molecule has 2 aromatic rings. The van der Waals surface area contributed by atoms with E-state index >= 15 is 0 Å². The minimum Gasteiger partial charge on any atom is -0.299 e. The Bertz CT molecular complexity index is 768. The molecule has 1 aliphatic heterocycles. The normalized spacial score (nSPS) is 15.3. The molecule has 24 heavy (non-hydrogen) atoms. The van der Waals surface area contributed by atoms with Crippen LogP contribution in [0, 0.1) is 0 Å². The second kappa shape index (κ2) is 8.09. The van der Waals surface area contributed by atoms with Crippen molar-refractivity contribution in [3.05, 3.63) is 42.1 Å². The van der Waals surface area contributed by atoms with Crippen molar-refractivity contribution in [2.75, 3.05) is 19.6 Å². The van der Waals surface area contributed by atoms with Crippen molar-refractivity contribution >= 4 is 22.6 Å². The first-order valence-electron chi connectivity index (χ1n) is 8.93. The standard InChI is InChI=1S/C20H25N3O/c1-2-3-4-7-12-22-13-10-17(11-14-22)19-15-23(21-16-24)20-9-6-5-8-18(19)20/h5-6,8-10,15H,2-4,7,11-14H2,1H3. The predicted molar refractivity (Wildman–Crippen MR) is 98.6 cm³/mol. The van der Waals surface area contributed by atoms with Crippen molar-refractivity contribution in [1.29, 1.82) is 0 Å². The van der Waals surface area contributed by atoms with Gasteiger partial charge < -0.3 is 0 Å². The van der Waals surface area contributed by atoms with E-state index in [1.165, 1.54) is 43.4 Å². The number of rotatable bonds is 7. The molecule has 4 nitrogen and oxygen atoms in total. The maximum atomic E-state index is 10.7. The van der Waals surface area contributed by atoms with Crippen LogP contribution in [0.2, 0.25) is 0 Å². The number of nitrogens with zero attached hydrogens (tertiary/aromatic N) is 3. The third-order valence-electron chi connectivity index (χ3n) is 4.81. The van der Waals surface area contributed by atoms with Gasteiger partial charge in [0.1, 0.15) is 0 Å². The highest BCUT2D eigenvalue weighted by atomic mass is 16.1. The molecule has 0 amide bonds. The van der Waals surface area contributed by atoms with Gasteiger partial charge in [-0.2, -0.15) is 0 Å². The highest BCUT2D eigenvalue weighted by Crippen LogP contribution is 2.31. The summed E-state index contributed by atoms with van der Waals surface area (Å²) in [6.45, 7) is 5.56. The monoisotopic (exact) mass is 323 g/mol. The minimum atomic E-state index is 0.957. The van der Waals surface area contributed by atoms with Gasteiger partial charge in [0, 0.05) is 30.2 Å². The number of isocyanates is 1. The van der Waals surface area contributed by atoms with E-state index < -0.39 is 0 Å². The Morgan fingerprint density at radius 2 is 2.08 bits per heavy atom. The summed E-state index contributed by atoms with van der Waals surface area (Å²) in [5, 5.41) is 4.95. The van der Waals surface area contributed by atoms with Crippen molar-refractivity contribution in [1.82, 2.24) is 9.58 Å². The fourth-order valence-corrected chi connectivity index (χ4v) is 3.47. The molecular weight excluding hydrogens is 298 g/mol. The molecule has 0 bridgehead atoms. The van der Waals surface area contributed by atoms with Crippen LogP contribution in [0.25, 0.3) is 16.5 Å². The summed E-state index contributed by atoms with van der Waals surface area (Å²) < 4.78 is 1.63. The largest absolute Gasteiger partial charge is 0.299 e. The first-order valence-corrected chi connectivity index (χ1v) is 8.93. The van der Waals surface area contributed by atoms with Gasteiger partial charge in [0.25, 0.3) is 6.08 Å². The van der Waals surface area contributed by atoms with E-state index in [9.17, 15) is 4.79 Å². The molecule has 0 spiro atoms. The number of hydrogen-bond acceptors (Lipinski definition) is 3. The maximum Gasteiger partial charge on any atom is 0.258 e. The Morgan fingerprint density at radius 3 is 2.83 bits per heavy atom. The van der Waals surface area contributed by atoms with Gasteiger partial charge in [-0.3, -0.25) is 4.90 Å². The summed E-state index contributed by atoms with van der Waals surface area (Å²) in [6.07, 6.45) is 12.2. The van der Waals surface area contributed by atoms with Gasteiger partial charge >= 0.3 is 0 Å². The minimum absolute atomic E-state index is 0.957. The van der Waals surface area contributed by atoms with Crippen LogP contribution in [0.15, 0.2) is 41.6 Å². The maximum absolute atomic E-state index is 10.7. The lowest BCUT2D eigenvalue weighted by molar-refractivity contribution is 0.294. The third-order valence-corrected chi connectivity index (χ3v) is 4.81. The van der Waals surface area contributed by atoms with Gasteiger partial charge in [0.05, 0.1) is 5.52 Å². The average molecular weight is 323 g/mol. The van der Waals surface area contributed by atoms with Gasteiger partial charge in [-0.15, -0.1) is 0 Å². The van der Waals surface area contributed by atoms with Crippen molar-refractivity contribution < 1.29 is 4.79 Å². The lowest BCUT2D eigenvalue weighted by Gasteiger charge is -2.26. The van der Waals surface area contributed by atoms with Crippen LogP contribution < -0.4 is 0 Å². The van der Waals surface area contributed by atoms with E-state index in [1.54, 1.807) is 10.8 Å². The van der Waals surface area contributed by atoms with Gasteiger partial charge in [0.15, 0.2) is 0 Å². The van der Waals surface area contributed by atoms with Crippen LogP contribution >= 0.6 is 0 Å². The molecule has 0 unspecified atom stereocenters. The van der Waals surface area contributed by atoms with Gasteiger partial charge in [-0.25, -0.2) is 9.47 Å². The number of hydrogen-bond donors (Lipinski definition) is 0. The Balaban J connectivity index is 1.75. The molecule has 0 fully saturated rings. The number of unbranched alkanes of at least 4 members (excludes halogenated alkanes) is 3. The van der Waals surface area contributed by atoms with E-state index in [0.717, 1.165) is 30.4 Å². The van der Waals surface area contributed by atoms with Crippen LogP contribution in [0.4, 0.5) is 0 Å². The summed E-state index contributed by atoms with van der Waals surface area (Å²) in [4.78, 5) is 13.2. The first kappa shape index (κ1) is 16.7. The Kier molecular flexibility index (Phi) is 5.63. The summed E-state index contributed by atoms with van der Waals surface area (Å²) in [5.41, 5.74) is 3.50. The molecular formula is C20H25N3O. The lowest BCUT2D eigenvalue weighted by atomic mass is 9.99. The first-order chi connectivity index (χ1) is 11.8. The molecule has 2 heterocycles. The molecule has 0 saturated carbocycles. The number of benzene rings is 1. The molecule has 4 heteroatoms. The Labute approximate surface area is 143 Å². The van der Waals surface area contributed by atoms with E-state index in [1.807, 2.05) is 24.4 Å². The predicted octanol–water partition coefficient (Wildman–Crippen LogP) is 4.41. The van der Waals surface area contributed by atoms with Gasteiger partial charge in [-0.05, 0) is 31.0 Å². The number of para-hydroxylation sites is 1. The van der Waals surface area contributed by atoms with E-state index in [0.29, 0.717) is 0 Å². The average Bonchev–Trinajstić information content (AvgIpc) is 2.99. The van der Waals surface area contributed by atoms with Gasteiger partial charge in [0.2, 0.25) is 0 Å². The number of carbonyl (C=O) groups excluding carboxylic acids is 1. The van der Waals surface area contributed by atoms with Crippen molar-refractivity contribution in [2.24, 2.45) is 5.10 Å². The SMILES string of the molecule is CCCCCCN1CC=C(c2cn(N=C=O)c3ccccc23)CC1. The van der Waals surface area contributed by atoms with Crippen molar-refractivity contribution in [3.8, 4) is 0 Å². The fourth-order valence-electron chi connectivity index (χ4n) is 3.47. The summed E-state index contributed by atoms with van der Waals surface area (Å²) in [7, 11) is 0. The zero-order valence-corrected chi connectivity index (χ0v) is 14.4. The van der Waals surface area contributed by atoms with Gasteiger partial charge in [-0.1, -0.05) is 55.6 Å². The highest BCUT2D eigenvalue weighted by molar-refractivity contribution is 5.93. The molecule has 1 aromatic carbocycles. The molecule has 0 saturated heterocycles. The third kappa shape index (κ3) is 3.66. The van der Waals surface area contributed by atoms with E-state index in [4.69, 9.17) is 0 Å². The van der Waals surface area contributed by atoms with Crippen LogP contribution in [-0.2, 0) is 4.79 Å². The zero-order chi connectivity index (χ0) is 16.8. The summed E-state index contributed by atoms with van der Waals surface area (Å²) in [5.74, 6) is 0. The Morgan fingerprint density at radius 1 is 1.21 bits per heavy atom. The molecule has 0 atom stereocenters. The van der Waals surface area contributed by atoms with Crippen molar-refractivity contribution in [2.45, 2.75) is 39.0 Å². The van der Waals surface area contributed by atoms with E-state index in [-0.39, 0.29) is 0 Å². The molecule has 1 aromatic heterocycles. The molecule has 0 N–H and O–H groups in total. The lowest BCUT2D eigenvalue weighted by Crippen LogP contribution is -2.29. The second-order valence-corrected chi connectivity index (χ2v) is 6.44. The summed E-state index contributed by atoms with van der Waals surface area (Å²) in [6, 6.07) is 8.09. The fraction of sp³-hybridized carbons (Fsp3) is 0.450. The molecule has 0 radical (unpaired) electrons. The smallest absolute Gasteiger partial charge is 0.258 e. The van der Waals surface area contributed by atoms with Crippen LogP contribution in [0.5, 0.6) is 0 Å².